The number of rotatable bonds is 3. The van der Waals surface area contributed by atoms with Crippen molar-refractivity contribution in [2.45, 2.75) is 12.8 Å². The second-order valence-electron chi connectivity index (χ2n) is 3.32. The zero-order valence-electron chi connectivity index (χ0n) is 7.21. The number of nitrogens with one attached hydrogen (secondary N) is 2. The summed E-state index contributed by atoms with van der Waals surface area (Å²) in [5.74, 6) is 1.23. The zero-order chi connectivity index (χ0) is 9.26. The van der Waals surface area contributed by atoms with Gasteiger partial charge in [-0.25, -0.2) is 4.98 Å². The Balaban J connectivity index is 2.09. The summed E-state index contributed by atoms with van der Waals surface area (Å²) in [7, 11) is 0. The normalized spacial score (nSPS) is 15.7. The first-order valence-corrected chi connectivity index (χ1v) is 4.34. The molecule has 13 heavy (non-hydrogen) atoms. The molecular formula is C8H12N4O. The number of nitrogen functional groups attached to an aromatic ring is 1. The molecule has 4 N–H and O–H groups in total. The Morgan fingerprint density at radius 1 is 1.69 bits per heavy atom. The van der Waals surface area contributed by atoms with Gasteiger partial charge in [-0.15, -0.1) is 0 Å². The van der Waals surface area contributed by atoms with Gasteiger partial charge in [0, 0.05) is 6.54 Å². The summed E-state index contributed by atoms with van der Waals surface area (Å²) in [5.41, 5.74) is 5.41. The Morgan fingerprint density at radius 2 is 2.46 bits per heavy atom. The summed E-state index contributed by atoms with van der Waals surface area (Å²) in [5, 5.41) is 3.06. The molecule has 0 spiro atoms. The lowest BCUT2D eigenvalue weighted by Crippen LogP contribution is -2.17. The summed E-state index contributed by atoms with van der Waals surface area (Å²) in [4.78, 5) is 17.4. The fourth-order valence-corrected chi connectivity index (χ4v) is 1.11. The number of hydrogen-bond donors (Lipinski definition) is 3. The lowest BCUT2D eigenvalue weighted by Gasteiger charge is -2.05. The van der Waals surface area contributed by atoms with Crippen molar-refractivity contribution in [3.05, 3.63) is 16.7 Å². The molecule has 70 valence electrons. The van der Waals surface area contributed by atoms with E-state index < -0.39 is 0 Å². The fraction of sp³-hybridized carbons (Fsp3) is 0.500. The first kappa shape index (κ1) is 8.10. The largest absolute Gasteiger partial charge is 0.391 e. The number of nitrogens with zero attached hydrogens (tertiary/aromatic N) is 1. The third-order valence-corrected chi connectivity index (χ3v) is 2.14. The number of hydrogen-bond acceptors (Lipinski definition) is 4. The van der Waals surface area contributed by atoms with E-state index in [1.54, 1.807) is 0 Å². The summed E-state index contributed by atoms with van der Waals surface area (Å²) < 4.78 is 0. The molecule has 1 aliphatic carbocycles. The van der Waals surface area contributed by atoms with Gasteiger partial charge in [0.1, 0.15) is 5.69 Å². The van der Waals surface area contributed by atoms with Crippen molar-refractivity contribution in [2.75, 3.05) is 17.6 Å². The molecule has 5 heteroatoms. The SMILES string of the molecule is Nc1c(NCC2CC2)nc[nH]c1=O. The highest BCUT2D eigenvalue weighted by molar-refractivity contribution is 5.58. The Hall–Kier alpha value is -1.52. The van der Waals surface area contributed by atoms with Crippen LogP contribution in [0.1, 0.15) is 12.8 Å². The molecule has 1 saturated carbocycles. The van der Waals surface area contributed by atoms with Crippen LogP contribution < -0.4 is 16.6 Å². The molecule has 5 nitrogen and oxygen atoms in total. The van der Waals surface area contributed by atoms with Gasteiger partial charge in [-0.1, -0.05) is 0 Å². The van der Waals surface area contributed by atoms with Gasteiger partial charge in [-0.2, -0.15) is 0 Å². The van der Waals surface area contributed by atoms with Crippen LogP contribution in [0.4, 0.5) is 11.5 Å². The van der Waals surface area contributed by atoms with Gasteiger partial charge in [0.2, 0.25) is 0 Å². The predicted octanol–water partition coefficient (Wildman–Crippen LogP) is 0.174. The summed E-state index contributed by atoms with van der Waals surface area (Å²) >= 11 is 0. The zero-order valence-corrected chi connectivity index (χ0v) is 7.21. The molecule has 0 amide bonds. The van der Waals surface area contributed by atoms with E-state index in [-0.39, 0.29) is 11.2 Å². The lowest BCUT2D eigenvalue weighted by atomic mass is 10.4. The molecule has 0 aliphatic heterocycles. The number of aromatic amines is 1. The predicted molar refractivity (Wildman–Crippen MR) is 50.5 cm³/mol. The molecule has 1 aromatic rings. The second kappa shape index (κ2) is 3.08. The van der Waals surface area contributed by atoms with Crippen molar-refractivity contribution in [1.82, 2.24) is 9.97 Å². The standard InChI is InChI=1S/C8H12N4O/c9-6-7(10-3-5-1-2-5)11-4-12-8(6)13/h4-5H,1-3,9H2,(H2,10,11,12,13). The topological polar surface area (TPSA) is 83.8 Å². The van der Waals surface area contributed by atoms with Crippen molar-refractivity contribution in [3.8, 4) is 0 Å². The molecular weight excluding hydrogens is 168 g/mol. The molecule has 0 aromatic carbocycles. The second-order valence-corrected chi connectivity index (χ2v) is 3.32. The van der Waals surface area contributed by atoms with E-state index in [9.17, 15) is 4.79 Å². The van der Waals surface area contributed by atoms with Gasteiger partial charge >= 0.3 is 0 Å². The van der Waals surface area contributed by atoms with Gasteiger partial charge in [0.05, 0.1) is 6.33 Å². The smallest absolute Gasteiger partial charge is 0.276 e. The van der Waals surface area contributed by atoms with Gasteiger partial charge in [0.15, 0.2) is 5.82 Å². The van der Waals surface area contributed by atoms with E-state index in [1.807, 2.05) is 0 Å². The van der Waals surface area contributed by atoms with Crippen LogP contribution in [-0.4, -0.2) is 16.5 Å². The third kappa shape index (κ3) is 1.80. The van der Waals surface area contributed by atoms with Crippen LogP contribution in [0, 0.1) is 5.92 Å². The van der Waals surface area contributed by atoms with E-state index in [0.717, 1.165) is 12.5 Å². The van der Waals surface area contributed by atoms with Crippen LogP contribution >= 0.6 is 0 Å². The van der Waals surface area contributed by atoms with Crippen LogP contribution in [-0.2, 0) is 0 Å². The molecule has 0 bridgehead atoms. The minimum absolute atomic E-state index is 0.170. The number of nitrogens with two attached hydrogens (primary N) is 1. The summed E-state index contributed by atoms with van der Waals surface area (Å²) in [6, 6.07) is 0. The molecule has 1 fully saturated rings. The molecule has 1 aromatic heterocycles. The highest BCUT2D eigenvalue weighted by Gasteiger charge is 2.21. The number of H-pyrrole nitrogens is 1. The molecule has 1 heterocycles. The number of anilines is 2. The quantitative estimate of drug-likeness (QED) is 0.619. The molecule has 0 atom stereocenters. The van der Waals surface area contributed by atoms with Crippen molar-refractivity contribution < 1.29 is 0 Å². The third-order valence-electron chi connectivity index (χ3n) is 2.14. The van der Waals surface area contributed by atoms with Crippen molar-refractivity contribution in [1.29, 1.82) is 0 Å². The van der Waals surface area contributed by atoms with E-state index in [4.69, 9.17) is 5.73 Å². The van der Waals surface area contributed by atoms with Crippen molar-refractivity contribution >= 4 is 11.5 Å². The van der Waals surface area contributed by atoms with E-state index in [1.165, 1.54) is 19.2 Å². The van der Waals surface area contributed by atoms with Crippen LogP contribution in [0.15, 0.2) is 11.1 Å². The van der Waals surface area contributed by atoms with Gasteiger partial charge in [-0.3, -0.25) is 4.79 Å². The summed E-state index contributed by atoms with van der Waals surface area (Å²) in [6.45, 7) is 0.862. The van der Waals surface area contributed by atoms with Crippen LogP contribution in [0.3, 0.4) is 0 Å². The van der Waals surface area contributed by atoms with E-state index in [2.05, 4.69) is 15.3 Å². The van der Waals surface area contributed by atoms with E-state index >= 15 is 0 Å². The Bertz CT molecular complexity index is 355. The maximum atomic E-state index is 11.0. The average Bonchev–Trinajstić information content (AvgIpc) is 2.91. The maximum Gasteiger partial charge on any atom is 0.276 e. The van der Waals surface area contributed by atoms with Gasteiger partial charge in [-0.05, 0) is 18.8 Å². The molecule has 0 radical (unpaired) electrons. The van der Waals surface area contributed by atoms with Crippen LogP contribution in [0.2, 0.25) is 0 Å². The first-order valence-electron chi connectivity index (χ1n) is 4.34. The monoisotopic (exact) mass is 180 g/mol. The number of aromatic nitrogens is 2. The molecule has 0 unspecified atom stereocenters. The molecule has 0 saturated heterocycles. The minimum atomic E-state index is -0.284. The maximum absolute atomic E-state index is 11.0. The van der Waals surface area contributed by atoms with Crippen molar-refractivity contribution in [3.63, 3.8) is 0 Å². The van der Waals surface area contributed by atoms with Gasteiger partial charge < -0.3 is 16.0 Å². The van der Waals surface area contributed by atoms with Gasteiger partial charge in [0.25, 0.3) is 5.56 Å². The van der Waals surface area contributed by atoms with Crippen molar-refractivity contribution in [2.24, 2.45) is 5.92 Å². The van der Waals surface area contributed by atoms with E-state index in [0.29, 0.717) is 5.82 Å². The summed E-state index contributed by atoms with van der Waals surface area (Å²) in [6.07, 6.45) is 3.88. The Labute approximate surface area is 75.4 Å². The lowest BCUT2D eigenvalue weighted by molar-refractivity contribution is 0.881. The fourth-order valence-electron chi connectivity index (χ4n) is 1.11. The molecule has 2 rings (SSSR count). The van der Waals surface area contributed by atoms with Crippen LogP contribution in [0.5, 0.6) is 0 Å². The Kier molecular flexibility index (Phi) is 1.92. The van der Waals surface area contributed by atoms with Crippen LogP contribution in [0.25, 0.3) is 0 Å². The highest BCUT2D eigenvalue weighted by atomic mass is 16.1. The minimum Gasteiger partial charge on any atom is -0.391 e. The first-order chi connectivity index (χ1) is 6.27. The average molecular weight is 180 g/mol. The Morgan fingerprint density at radius 3 is 3.15 bits per heavy atom. The highest BCUT2D eigenvalue weighted by Crippen LogP contribution is 2.28. The molecule has 1 aliphatic rings.